The minimum atomic E-state index is -1.13. The highest BCUT2D eigenvalue weighted by molar-refractivity contribution is 6.31. The van der Waals surface area contributed by atoms with Gasteiger partial charge in [0, 0.05) is 6.42 Å². The number of hydrogen-bond acceptors (Lipinski definition) is 1. The van der Waals surface area contributed by atoms with Gasteiger partial charge in [-0.05, 0) is 18.1 Å². The maximum absolute atomic E-state index is 13.1. The molecular formula is C9H5ClF2O. The van der Waals surface area contributed by atoms with Crippen molar-refractivity contribution in [3.05, 3.63) is 33.9 Å². The number of rotatable bonds is 0. The van der Waals surface area contributed by atoms with Crippen LogP contribution in [0.3, 0.4) is 0 Å². The second-order valence-corrected chi connectivity index (χ2v) is 3.35. The van der Waals surface area contributed by atoms with E-state index in [4.69, 9.17) is 11.6 Å². The fourth-order valence-electron chi connectivity index (χ4n) is 1.52. The van der Waals surface area contributed by atoms with E-state index in [1.165, 1.54) is 6.07 Å². The highest BCUT2D eigenvalue weighted by Crippen LogP contribution is 2.30. The lowest BCUT2D eigenvalue weighted by Crippen LogP contribution is -2.00. The summed E-state index contributed by atoms with van der Waals surface area (Å²) in [6.07, 6.45) is 0.692. The van der Waals surface area contributed by atoms with Gasteiger partial charge in [-0.1, -0.05) is 11.6 Å². The van der Waals surface area contributed by atoms with Crippen molar-refractivity contribution in [1.82, 2.24) is 0 Å². The molecule has 0 radical (unpaired) electrons. The van der Waals surface area contributed by atoms with Crippen LogP contribution < -0.4 is 0 Å². The Morgan fingerprint density at radius 2 is 1.92 bits per heavy atom. The summed E-state index contributed by atoms with van der Waals surface area (Å²) in [6, 6.07) is 1.32. The zero-order valence-corrected chi connectivity index (χ0v) is 7.29. The summed E-state index contributed by atoms with van der Waals surface area (Å²) in [6.45, 7) is 0. The van der Waals surface area contributed by atoms with Gasteiger partial charge in [0.1, 0.15) is 0 Å². The number of carbonyl (C=O) groups excluding carboxylic acids is 1. The fourth-order valence-corrected chi connectivity index (χ4v) is 1.73. The molecule has 1 aromatic carbocycles. The smallest absolute Gasteiger partial charge is 0.178 e. The maximum Gasteiger partial charge on any atom is 0.178 e. The van der Waals surface area contributed by atoms with Crippen molar-refractivity contribution >= 4 is 17.4 Å². The summed E-state index contributed by atoms with van der Waals surface area (Å²) >= 11 is 5.42. The second kappa shape index (κ2) is 2.77. The predicted octanol–water partition coefficient (Wildman–Crippen LogP) is 2.75. The maximum atomic E-state index is 13.1. The van der Waals surface area contributed by atoms with E-state index in [9.17, 15) is 13.6 Å². The Labute approximate surface area is 78.3 Å². The summed E-state index contributed by atoms with van der Waals surface area (Å²) < 4.78 is 26.0. The number of Topliss-reactive ketones (excluding diaryl/α,β-unsaturated/α-hetero) is 1. The number of fused-ring (bicyclic) bond motifs is 1. The lowest BCUT2D eigenvalue weighted by Gasteiger charge is -2.02. The van der Waals surface area contributed by atoms with Crippen LogP contribution in [-0.4, -0.2) is 5.78 Å². The van der Waals surface area contributed by atoms with E-state index in [0.29, 0.717) is 12.0 Å². The SMILES string of the molecule is O=C1CCc2cc(Cl)c(F)c(F)c21. The Kier molecular flexibility index (Phi) is 1.84. The predicted molar refractivity (Wildman–Crippen MR) is 44.0 cm³/mol. The van der Waals surface area contributed by atoms with Crippen LogP contribution in [-0.2, 0) is 6.42 Å². The van der Waals surface area contributed by atoms with Crippen molar-refractivity contribution < 1.29 is 13.6 Å². The van der Waals surface area contributed by atoms with Gasteiger partial charge in [0.25, 0.3) is 0 Å². The van der Waals surface area contributed by atoms with Crippen LogP contribution in [0.15, 0.2) is 6.07 Å². The summed E-state index contributed by atoms with van der Waals surface area (Å²) in [5, 5.41) is -0.258. The van der Waals surface area contributed by atoms with Crippen molar-refractivity contribution in [1.29, 1.82) is 0 Å². The van der Waals surface area contributed by atoms with Gasteiger partial charge >= 0.3 is 0 Å². The molecule has 0 saturated heterocycles. The molecule has 68 valence electrons. The van der Waals surface area contributed by atoms with Crippen LogP contribution in [0.1, 0.15) is 22.3 Å². The van der Waals surface area contributed by atoms with Crippen molar-refractivity contribution in [2.75, 3.05) is 0 Å². The molecule has 2 rings (SSSR count). The molecule has 0 fully saturated rings. The van der Waals surface area contributed by atoms with Crippen molar-refractivity contribution in [3.8, 4) is 0 Å². The van der Waals surface area contributed by atoms with Crippen LogP contribution in [0.5, 0.6) is 0 Å². The molecule has 0 saturated carbocycles. The summed E-state index contributed by atoms with van der Waals surface area (Å²) in [7, 11) is 0. The van der Waals surface area contributed by atoms with Crippen LogP contribution in [0, 0.1) is 11.6 Å². The molecule has 4 heteroatoms. The Balaban J connectivity index is 2.75. The zero-order valence-electron chi connectivity index (χ0n) is 6.53. The quantitative estimate of drug-likeness (QED) is 0.592. The number of aryl methyl sites for hydroxylation is 1. The Morgan fingerprint density at radius 3 is 2.62 bits per heavy atom. The van der Waals surface area contributed by atoms with Gasteiger partial charge < -0.3 is 0 Å². The minimum Gasteiger partial charge on any atom is -0.294 e. The minimum absolute atomic E-state index is 0.123. The van der Waals surface area contributed by atoms with Gasteiger partial charge in [-0.15, -0.1) is 0 Å². The topological polar surface area (TPSA) is 17.1 Å². The van der Waals surface area contributed by atoms with Gasteiger partial charge in [0.2, 0.25) is 0 Å². The number of carbonyl (C=O) groups is 1. The van der Waals surface area contributed by atoms with E-state index in [0.717, 1.165) is 0 Å². The molecule has 1 aliphatic carbocycles. The van der Waals surface area contributed by atoms with E-state index >= 15 is 0 Å². The van der Waals surface area contributed by atoms with Gasteiger partial charge in [-0.2, -0.15) is 0 Å². The number of benzene rings is 1. The third-order valence-corrected chi connectivity index (χ3v) is 2.42. The lowest BCUT2D eigenvalue weighted by molar-refractivity contribution is 0.0990. The first-order valence-corrected chi connectivity index (χ1v) is 4.18. The molecule has 0 atom stereocenters. The van der Waals surface area contributed by atoms with E-state index in [1.807, 2.05) is 0 Å². The normalized spacial score (nSPS) is 14.8. The zero-order chi connectivity index (χ0) is 9.59. The van der Waals surface area contributed by atoms with Crippen molar-refractivity contribution in [2.45, 2.75) is 12.8 Å². The van der Waals surface area contributed by atoms with E-state index in [-0.39, 0.29) is 22.8 Å². The second-order valence-electron chi connectivity index (χ2n) is 2.94. The van der Waals surface area contributed by atoms with E-state index in [1.54, 1.807) is 0 Å². The highest BCUT2D eigenvalue weighted by Gasteiger charge is 2.27. The molecule has 0 unspecified atom stereocenters. The molecule has 0 N–H and O–H groups in total. The molecule has 1 nitrogen and oxygen atoms in total. The number of hydrogen-bond donors (Lipinski definition) is 0. The molecule has 0 bridgehead atoms. The van der Waals surface area contributed by atoms with E-state index in [2.05, 4.69) is 0 Å². The van der Waals surface area contributed by atoms with Crippen LogP contribution >= 0.6 is 11.6 Å². The molecular weight excluding hydrogens is 198 g/mol. The molecule has 0 heterocycles. The highest BCUT2D eigenvalue weighted by atomic mass is 35.5. The number of ketones is 1. The number of halogens is 3. The van der Waals surface area contributed by atoms with Gasteiger partial charge in [0.15, 0.2) is 17.4 Å². The average molecular weight is 203 g/mol. The Hall–Kier alpha value is -0.960. The molecule has 13 heavy (non-hydrogen) atoms. The largest absolute Gasteiger partial charge is 0.294 e. The molecule has 0 aromatic heterocycles. The van der Waals surface area contributed by atoms with Gasteiger partial charge in [-0.3, -0.25) is 4.79 Å². The van der Waals surface area contributed by atoms with Crippen molar-refractivity contribution in [2.24, 2.45) is 0 Å². The molecule has 0 aliphatic heterocycles. The van der Waals surface area contributed by atoms with Gasteiger partial charge in [-0.25, -0.2) is 8.78 Å². The molecule has 0 amide bonds. The fraction of sp³-hybridized carbons (Fsp3) is 0.222. The Bertz CT molecular complexity index is 401. The molecule has 1 aromatic rings. The first kappa shape index (κ1) is 8.63. The van der Waals surface area contributed by atoms with Gasteiger partial charge in [0.05, 0.1) is 10.6 Å². The van der Waals surface area contributed by atoms with Crippen LogP contribution in [0.25, 0.3) is 0 Å². The monoisotopic (exact) mass is 202 g/mol. The third-order valence-electron chi connectivity index (χ3n) is 2.14. The molecule has 0 spiro atoms. The average Bonchev–Trinajstić information content (AvgIpc) is 2.43. The van der Waals surface area contributed by atoms with Crippen LogP contribution in [0.2, 0.25) is 5.02 Å². The summed E-state index contributed by atoms with van der Waals surface area (Å²) in [4.78, 5) is 11.1. The molecule has 1 aliphatic rings. The first-order valence-electron chi connectivity index (χ1n) is 3.81. The first-order chi connectivity index (χ1) is 6.11. The third kappa shape index (κ3) is 1.15. The summed E-state index contributed by atoms with van der Waals surface area (Å²) in [5.41, 5.74) is 0.385. The standard InChI is InChI=1S/C9H5ClF2O/c10-5-3-4-1-2-6(13)7(4)9(12)8(5)11/h3H,1-2H2. The summed E-state index contributed by atoms with van der Waals surface area (Å²) in [5.74, 6) is -2.58. The lowest BCUT2D eigenvalue weighted by atomic mass is 10.1. The Morgan fingerprint density at radius 1 is 1.23 bits per heavy atom. The van der Waals surface area contributed by atoms with Crippen LogP contribution in [0.4, 0.5) is 8.78 Å². The van der Waals surface area contributed by atoms with Crippen molar-refractivity contribution in [3.63, 3.8) is 0 Å². The van der Waals surface area contributed by atoms with E-state index < -0.39 is 11.6 Å².